The third kappa shape index (κ3) is 1.93. The standard InChI is InChI=1S/C9H15N5O/c1-7(14-6-8(10)11-12-14)9(15)13-4-2-3-5-13/h6-7H,2-5,10H2,1H3. The topological polar surface area (TPSA) is 77.0 Å². The molecule has 1 aliphatic heterocycles. The number of carbonyl (C=O) groups is 1. The average Bonchev–Trinajstić information content (AvgIpc) is 2.85. The number of aromatic nitrogens is 3. The van der Waals surface area contributed by atoms with Crippen molar-refractivity contribution in [1.82, 2.24) is 19.9 Å². The predicted octanol–water partition coefficient (Wildman–Crippen LogP) is 0.0437. The lowest BCUT2D eigenvalue weighted by atomic mass is 10.3. The molecule has 1 fully saturated rings. The van der Waals surface area contributed by atoms with E-state index in [0.29, 0.717) is 5.82 Å². The summed E-state index contributed by atoms with van der Waals surface area (Å²) in [6.45, 7) is 3.52. The third-order valence-corrected chi connectivity index (χ3v) is 2.70. The number of nitrogens with two attached hydrogens (primary N) is 1. The minimum Gasteiger partial charge on any atom is -0.381 e. The van der Waals surface area contributed by atoms with Crippen LogP contribution >= 0.6 is 0 Å². The lowest BCUT2D eigenvalue weighted by Gasteiger charge is -2.19. The molecule has 2 rings (SSSR count). The third-order valence-electron chi connectivity index (χ3n) is 2.70. The fourth-order valence-corrected chi connectivity index (χ4v) is 1.79. The highest BCUT2D eigenvalue weighted by atomic mass is 16.2. The molecule has 1 aliphatic rings. The van der Waals surface area contributed by atoms with Gasteiger partial charge in [0.05, 0.1) is 6.20 Å². The van der Waals surface area contributed by atoms with Crippen molar-refractivity contribution in [2.75, 3.05) is 18.8 Å². The van der Waals surface area contributed by atoms with Crippen molar-refractivity contribution in [3.05, 3.63) is 6.20 Å². The molecule has 82 valence electrons. The molecule has 0 aliphatic carbocycles. The first kappa shape index (κ1) is 9.95. The predicted molar refractivity (Wildman–Crippen MR) is 55.0 cm³/mol. The Morgan fingerprint density at radius 2 is 2.20 bits per heavy atom. The van der Waals surface area contributed by atoms with Crippen molar-refractivity contribution < 1.29 is 4.79 Å². The normalized spacial score (nSPS) is 18.1. The van der Waals surface area contributed by atoms with E-state index in [9.17, 15) is 4.79 Å². The van der Waals surface area contributed by atoms with Crippen molar-refractivity contribution >= 4 is 11.7 Å². The van der Waals surface area contributed by atoms with Crippen molar-refractivity contribution in [1.29, 1.82) is 0 Å². The molecule has 1 amide bonds. The molecular formula is C9H15N5O. The Hall–Kier alpha value is -1.59. The Balaban J connectivity index is 2.06. The fraction of sp³-hybridized carbons (Fsp3) is 0.667. The van der Waals surface area contributed by atoms with Gasteiger partial charge in [-0.1, -0.05) is 5.21 Å². The quantitative estimate of drug-likeness (QED) is 0.746. The molecule has 2 heterocycles. The molecule has 0 spiro atoms. The Bertz CT molecular complexity index is 355. The van der Waals surface area contributed by atoms with E-state index in [0.717, 1.165) is 25.9 Å². The van der Waals surface area contributed by atoms with Gasteiger partial charge in [0, 0.05) is 13.1 Å². The van der Waals surface area contributed by atoms with Crippen LogP contribution in [0.4, 0.5) is 5.82 Å². The van der Waals surface area contributed by atoms with Crippen LogP contribution < -0.4 is 5.73 Å². The smallest absolute Gasteiger partial charge is 0.247 e. The van der Waals surface area contributed by atoms with E-state index >= 15 is 0 Å². The number of amides is 1. The largest absolute Gasteiger partial charge is 0.381 e. The van der Waals surface area contributed by atoms with E-state index in [-0.39, 0.29) is 11.9 Å². The van der Waals surface area contributed by atoms with Gasteiger partial charge in [0.1, 0.15) is 6.04 Å². The van der Waals surface area contributed by atoms with Crippen LogP contribution in [0.2, 0.25) is 0 Å². The van der Waals surface area contributed by atoms with Gasteiger partial charge in [-0.05, 0) is 19.8 Å². The number of hydrogen-bond acceptors (Lipinski definition) is 4. The summed E-state index contributed by atoms with van der Waals surface area (Å²) >= 11 is 0. The zero-order valence-electron chi connectivity index (χ0n) is 8.76. The second-order valence-electron chi connectivity index (χ2n) is 3.83. The summed E-state index contributed by atoms with van der Waals surface area (Å²) in [6, 6.07) is -0.312. The summed E-state index contributed by atoms with van der Waals surface area (Å²) in [5.74, 6) is 0.438. The maximum absolute atomic E-state index is 12.0. The molecule has 6 nitrogen and oxygen atoms in total. The Morgan fingerprint density at radius 1 is 1.53 bits per heavy atom. The first-order valence-corrected chi connectivity index (χ1v) is 5.14. The molecule has 0 aromatic carbocycles. The van der Waals surface area contributed by atoms with E-state index in [4.69, 9.17) is 5.73 Å². The second-order valence-corrected chi connectivity index (χ2v) is 3.83. The summed E-state index contributed by atoms with van der Waals surface area (Å²) in [5.41, 5.74) is 5.45. The zero-order chi connectivity index (χ0) is 10.8. The summed E-state index contributed by atoms with van der Waals surface area (Å²) in [5, 5.41) is 7.47. The van der Waals surface area contributed by atoms with E-state index in [2.05, 4.69) is 10.3 Å². The Kier molecular flexibility index (Phi) is 2.57. The fourth-order valence-electron chi connectivity index (χ4n) is 1.79. The second kappa shape index (κ2) is 3.88. The Morgan fingerprint density at radius 3 is 2.73 bits per heavy atom. The SMILES string of the molecule is CC(C(=O)N1CCCC1)n1cc(N)nn1. The number of hydrogen-bond donors (Lipinski definition) is 1. The minimum absolute atomic E-state index is 0.0948. The molecule has 15 heavy (non-hydrogen) atoms. The minimum atomic E-state index is -0.312. The Labute approximate surface area is 88.0 Å². The average molecular weight is 209 g/mol. The summed E-state index contributed by atoms with van der Waals surface area (Å²) in [4.78, 5) is 13.8. The molecule has 1 saturated heterocycles. The van der Waals surface area contributed by atoms with Crippen LogP contribution in [-0.2, 0) is 4.79 Å². The van der Waals surface area contributed by atoms with Gasteiger partial charge < -0.3 is 10.6 Å². The van der Waals surface area contributed by atoms with Crippen LogP contribution in [0.5, 0.6) is 0 Å². The van der Waals surface area contributed by atoms with Crippen LogP contribution in [0.25, 0.3) is 0 Å². The molecule has 1 atom stereocenters. The van der Waals surface area contributed by atoms with Gasteiger partial charge in [0.2, 0.25) is 5.91 Å². The number of nitrogen functional groups attached to an aromatic ring is 1. The van der Waals surface area contributed by atoms with E-state index in [1.54, 1.807) is 6.20 Å². The van der Waals surface area contributed by atoms with Gasteiger partial charge in [0.25, 0.3) is 0 Å². The molecular weight excluding hydrogens is 194 g/mol. The van der Waals surface area contributed by atoms with Crippen LogP contribution in [0.15, 0.2) is 6.20 Å². The molecule has 6 heteroatoms. The van der Waals surface area contributed by atoms with Crippen molar-refractivity contribution in [2.45, 2.75) is 25.8 Å². The van der Waals surface area contributed by atoms with E-state index < -0.39 is 0 Å². The number of anilines is 1. The van der Waals surface area contributed by atoms with E-state index in [1.807, 2.05) is 11.8 Å². The molecule has 1 aromatic rings. The summed E-state index contributed by atoms with van der Waals surface area (Å²) in [6.07, 6.45) is 3.77. The van der Waals surface area contributed by atoms with Crippen LogP contribution in [0, 0.1) is 0 Å². The number of carbonyl (C=O) groups excluding carboxylic acids is 1. The van der Waals surface area contributed by atoms with Gasteiger partial charge in [-0.25, -0.2) is 4.68 Å². The van der Waals surface area contributed by atoms with Gasteiger partial charge in [-0.15, -0.1) is 5.10 Å². The van der Waals surface area contributed by atoms with Crippen LogP contribution in [0.1, 0.15) is 25.8 Å². The van der Waals surface area contributed by atoms with Crippen LogP contribution in [0.3, 0.4) is 0 Å². The first-order valence-electron chi connectivity index (χ1n) is 5.14. The van der Waals surface area contributed by atoms with E-state index in [1.165, 1.54) is 4.68 Å². The lowest BCUT2D eigenvalue weighted by molar-refractivity contribution is -0.133. The van der Waals surface area contributed by atoms with Crippen molar-refractivity contribution in [3.8, 4) is 0 Å². The highest BCUT2D eigenvalue weighted by Gasteiger charge is 2.24. The highest BCUT2D eigenvalue weighted by Crippen LogP contribution is 2.15. The molecule has 2 N–H and O–H groups in total. The van der Waals surface area contributed by atoms with Gasteiger partial charge in [-0.2, -0.15) is 0 Å². The lowest BCUT2D eigenvalue weighted by Crippen LogP contribution is -2.34. The van der Waals surface area contributed by atoms with Crippen molar-refractivity contribution in [2.24, 2.45) is 0 Å². The molecule has 0 radical (unpaired) electrons. The first-order chi connectivity index (χ1) is 7.18. The van der Waals surface area contributed by atoms with Crippen LogP contribution in [-0.4, -0.2) is 38.9 Å². The summed E-state index contributed by atoms with van der Waals surface area (Å²) < 4.78 is 1.51. The number of likely N-dealkylation sites (tertiary alicyclic amines) is 1. The number of rotatable bonds is 2. The van der Waals surface area contributed by atoms with Gasteiger partial charge in [-0.3, -0.25) is 4.79 Å². The number of nitrogens with zero attached hydrogens (tertiary/aromatic N) is 4. The zero-order valence-corrected chi connectivity index (χ0v) is 8.76. The monoisotopic (exact) mass is 209 g/mol. The summed E-state index contributed by atoms with van der Waals surface area (Å²) in [7, 11) is 0. The molecule has 1 aromatic heterocycles. The van der Waals surface area contributed by atoms with Gasteiger partial charge >= 0.3 is 0 Å². The van der Waals surface area contributed by atoms with Crippen molar-refractivity contribution in [3.63, 3.8) is 0 Å². The van der Waals surface area contributed by atoms with Gasteiger partial charge in [0.15, 0.2) is 5.82 Å². The molecule has 1 unspecified atom stereocenters. The molecule has 0 saturated carbocycles. The highest BCUT2D eigenvalue weighted by molar-refractivity contribution is 5.80. The maximum atomic E-state index is 12.0. The molecule has 0 bridgehead atoms. The maximum Gasteiger partial charge on any atom is 0.247 e.